The third kappa shape index (κ3) is 2.69. The van der Waals surface area contributed by atoms with Crippen molar-refractivity contribution in [1.82, 2.24) is 5.32 Å². The molecule has 1 atom stereocenters. The lowest BCUT2D eigenvalue weighted by atomic mass is 10.1. The molecule has 1 saturated heterocycles. The largest absolute Gasteiger partial charge is 0.489 e. The lowest BCUT2D eigenvalue weighted by molar-refractivity contribution is 0.242. The molecule has 1 unspecified atom stereocenters. The van der Waals surface area contributed by atoms with Gasteiger partial charge >= 0.3 is 0 Å². The molecule has 0 aromatic heterocycles. The van der Waals surface area contributed by atoms with Gasteiger partial charge in [-0.25, -0.2) is 0 Å². The van der Waals surface area contributed by atoms with Crippen LogP contribution in [0.25, 0.3) is 0 Å². The van der Waals surface area contributed by atoms with Crippen LogP contribution in [0.15, 0.2) is 18.2 Å². The van der Waals surface area contributed by atoms with Gasteiger partial charge in [-0.3, -0.25) is 0 Å². The van der Waals surface area contributed by atoms with E-state index in [4.69, 9.17) is 16.3 Å². The van der Waals surface area contributed by atoms with Gasteiger partial charge in [0.05, 0.1) is 11.1 Å². The molecule has 88 valence electrons. The van der Waals surface area contributed by atoms with E-state index in [0.29, 0.717) is 11.1 Å². The zero-order chi connectivity index (χ0) is 11.5. The van der Waals surface area contributed by atoms with Gasteiger partial charge in [0.25, 0.3) is 0 Å². The van der Waals surface area contributed by atoms with Gasteiger partial charge in [0, 0.05) is 6.04 Å². The topological polar surface area (TPSA) is 21.3 Å². The number of nitrogens with one attached hydrogen (secondary N) is 1. The van der Waals surface area contributed by atoms with Crippen molar-refractivity contribution in [2.45, 2.75) is 38.8 Å². The summed E-state index contributed by atoms with van der Waals surface area (Å²) in [6, 6.07) is 6.53. The molecule has 0 amide bonds. The Bertz CT molecular complexity index is 359. The van der Waals surface area contributed by atoms with Gasteiger partial charge in [-0.15, -0.1) is 0 Å². The van der Waals surface area contributed by atoms with Gasteiger partial charge in [0.1, 0.15) is 5.75 Å². The number of halogens is 1. The third-order valence-electron chi connectivity index (χ3n) is 2.78. The Morgan fingerprint density at radius 3 is 2.88 bits per heavy atom. The summed E-state index contributed by atoms with van der Waals surface area (Å²) in [4.78, 5) is 0. The number of rotatable bonds is 3. The highest BCUT2D eigenvalue weighted by Crippen LogP contribution is 2.31. The summed E-state index contributed by atoms with van der Waals surface area (Å²) in [6.45, 7) is 5.13. The first kappa shape index (κ1) is 11.7. The summed E-state index contributed by atoms with van der Waals surface area (Å²) < 4.78 is 5.69. The Morgan fingerprint density at radius 1 is 1.44 bits per heavy atom. The van der Waals surface area contributed by atoms with Crippen LogP contribution in [-0.4, -0.2) is 12.6 Å². The van der Waals surface area contributed by atoms with Crippen molar-refractivity contribution in [3.63, 3.8) is 0 Å². The zero-order valence-electron chi connectivity index (χ0n) is 9.79. The molecule has 0 spiro atoms. The summed E-state index contributed by atoms with van der Waals surface area (Å²) >= 11 is 6.10. The molecule has 0 radical (unpaired) electrons. The van der Waals surface area contributed by atoms with Crippen molar-refractivity contribution >= 4 is 11.6 Å². The Hall–Kier alpha value is -0.730. The lowest BCUT2D eigenvalue weighted by Gasteiger charge is -2.15. The molecule has 0 bridgehead atoms. The summed E-state index contributed by atoms with van der Waals surface area (Å²) in [6.07, 6.45) is 2.60. The minimum absolute atomic E-state index is 0.157. The average molecular weight is 240 g/mol. The molecule has 1 fully saturated rings. The molecular formula is C13H18ClNO. The molecular weight excluding hydrogens is 222 g/mol. The smallest absolute Gasteiger partial charge is 0.138 e. The van der Waals surface area contributed by atoms with Crippen molar-refractivity contribution < 1.29 is 4.74 Å². The van der Waals surface area contributed by atoms with E-state index < -0.39 is 0 Å². The summed E-state index contributed by atoms with van der Waals surface area (Å²) in [5, 5.41) is 4.16. The summed E-state index contributed by atoms with van der Waals surface area (Å²) in [7, 11) is 0. The van der Waals surface area contributed by atoms with Crippen molar-refractivity contribution in [2.24, 2.45) is 0 Å². The van der Waals surface area contributed by atoms with Crippen LogP contribution in [0.2, 0.25) is 5.02 Å². The Kier molecular flexibility index (Phi) is 3.72. The van der Waals surface area contributed by atoms with E-state index in [1.54, 1.807) is 0 Å². The quantitative estimate of drug-likeness (QED) is 0.871. The van der Waals surface area contributed by atoms with Crippen LogP contribution in [0.1, 0.15) is 38.3 Å². The van der Waals surface area contributed by atoms with E-state index in [-0.39, 0.29) is 6.10 Å². The molecule has 3 heteroatoms. The van der Waals surface area contributed by atoms with Crippen LogP contribution >= 0.6 is 11.6 Å². The fraction of sp³-hybridized carbons (Fsp3) is 0.538. The summed E-state index contributed by atoms with van der Waals surface area (Å²) in [5.74, 6) is 0.794. The molecule has 1 aliphatic rings. The molecule has 0 saturated carbocycles. The van der Waals surface area contributed by atoms with E-state index in [2.05, 4.69) is 17.4 Å². The van der Waals surface area contributed by atoms with Gasteiger partial charge in [-0.05, 0) is 50.9 Å². The van der Waals surface area contributed by atoms with Gasteiger partial charge in [0.2, 0.25) is 0 Å². The fourth-order valence-corrected chi connectivity index (χ4v) is 2.21. The Morgan fingerprint density at radius 2 is 2.25 bits per heavy atom. The van der Waals surface area contributed by atoms with Crippen LogP contribution < -0.4 is 10.1 Å². The van der Waals surface area contributed by atoms with Gasteiger partial charge in [-0.2, -0.15) is 0 Å². The molecule has 1 aromatic carbocycles. The summed E-state index contributed by atoms with van der Waals surface area (Å²) in [5.41, 5.74) is 1.28. The van der Waals surface area contributed by atoms with Crippen LogP contribution in [-0.2, 0) is 0 Å². The predicted octanol–water partition coefficient (Wildman–Crippen LogP) is 3.55. The maximum atomic E-state index is 6.10. The van der Waals surface area contributed by atoms with E-state index in [0.717, 1.165) is 12.3 Å². The standard InChI is InChI=1S/C13H18ClNO/c1-9(2)16-13-8-10(5-6-11(13)14)12-4-3-7-15-12/h5-6,8-9,12,15H,3-4,7H2,1-2H3. The number of ether oxygens (including phenoxy) is 1. The maximum absolute atomic E-state index is 6.10. The van der Waals surface area contributed by atoms with Crippen molar-refractivity contribution in [1.29, 1.82) is 0 Å². The van der Waals surface area contributed by atoms with Crippen LogP contribution in [0.5, 0.6) is 5.75 Å². The highest BCUT2D eigenvalue weighted by Gasteiger charge is 2.17. The molecule has 1 aliphatic heterocycles. The highest BCUT2D eigenvalue weighted by atomic mass is 35.5. The van der Waals surface area contributed by atoms with E-state index >= 15 is 0 Å². The van der Waals surface area contributed by atoms with Crippen molar-refractivity contribution in [3.05, 3.63) is 28.8 Å². The van der Waals surface area contributed by atoms with Crippen LogP contribution in [0, 0.1) is 0 Å². The molecule has 1 aromatic rings. The third-order valence-corrected chi connectivity index (χ3v) is 3.09. The first-order valence-corrected chi connectivity index (χ1v) is 6.24. The molecule has 0 aliphatic carbocycles. The van der Waals surface area contributed by atoms with Gasteiger partial charge in [0.15, 0.2) is 0 Å². The first-order chi connectivity index (χ1) is 7.66. The van der Waals surface area contributed by atoms with Crippen molar-refractivity contribution in [3.8, 4) is 5.75 Å². The van der Waals surface area contributed by atoms with E-state index in [1.807, 2.05) is 19.9 Å². The van der Waals surface area contributed by atoms with Gasteiger partial charge in [-0.1, -0.05) is 17.7 Å². The second-order valence-corrected chi connectivity index (χ2v) is 4.91. The molecule has 1 N–H and O–H groups in total. The van der Waals surface area contributed by atoms with E-state index in [9.17, 15) is 0 Å². The average Bonchev–Trinajstić information content (AvgIpc) is 2.73. The second kappa shape index (κ2) is 5.07. The van der Waals surface area contributed by atoms with Crippen LogP contribution in [0.3, 0.4) is 0 Å². The van der Waals surface area contributed by atoms with E-state index in [1.165, 1.54) is 18.4 Å². The number of hydrogen-bond donors (Lipinski definition) is 1. The maximum Gasteiger partial charge on any atom is 0.138 e. The number of hydrogen-bond acceptors (Lipinski definition) is 2. The minimum atomic E-state index is 0.157. The SMILES string of the molecule is CC(C)Oc1cc(C2CCCN2)ccc1Cl. The molecule has 16 heavy (non-hydrogen) atoms. The van der Waals surface area contributed by atoms with Crippen molar-refractivity contribution in [2.75, 3.05) is 6.54 Å². The molecule has 2 rings (SSSR count). The highest BCUT2D eigenvalue weighted by molar-refractivity contribution is 6.32. The minimum Gasteiger partial charge on any atom is -0.489 e. The normalized spacial score (nSPS) is 20.4. The van der Waals surface area contributed by atoms with Gasteiger partial charge < -0.3 is 10.1 Å². The second-order valence-electron chi connectivity index (χ2n) is 4.51. The Labute approximate surface area is 102 Å². The molecule has 2 nitrogen and oxygen atoms in total. The Balaban J connectivity index is 2.20. The molecule has 1 heterocycles. The number of benzene rings is 1. The fourth-order valence-electron chi connectivity index (χ4n) is 2.05. The van der Waals surface area contributed by atoms with Crippen LogP contribution in [0.4, 0.5) is 0 Å². The zero-order valence-corrected chi connectivity index (χ0v) is 10.6. The first-order valence-electron chi connectivity index (χ1n) is 5.86. The lowest BCUT2D eigenvalue weighted by Crippen LogP contribution is -2.13. The predicted molar refractivity (Wildman–Crippen MR) is 67.2 cm³/mol. The monoisotopic (exact) mass is 239 g/mol.